The van der Waals surface area contributed by atoms with Crippen molar-refractivity contribution in [1.29, 1.82) is 0 Å². The van der Waals surface area contributed by atoms with Crippen molar-refractivity contribution in [3.63, 3.8) is 0 Å². The van der Waals surface area contributed by atoms with Gasteiger partial charge in [-0.3, -0.25) is 4.79 Å². The molecule has 1 aromatic rings. The fraction of sp³-hybridized carbons (Fsp3) is 0.524. The molecule has 0 fully saturated rings. The van der Waals surface area contributed by atoms with Crippen LogP contribution in [0, 0.1) is 5.82 Å². The molecule has 0 aliphatic carbocycles. The summed E-state index contributed by atoms with van der Waals surface area (Å²) in [6, 6.07) is 3.85. The van der Waals surface area contributed by atoms with Crippen molar-refractivity contribution in [3.05, 3.63) is 35.7 Å². The van der Waals surface area contributed by atoms with Gasteiger partial charge in [-0.05, 0) is 51.0 Å². The van der Waals surface area contributed by atoms with Gasteiger partial charge in [0.1, 0.15) is 5.54 Å². The third-order valence-corrected chi connectivity index (χ3v) is 7.63. The van der Waals surface area contributed by atoms with E-state index in [1.807, 2.05) is 6.92 Å². The number of carbonyl (C=O) groups excluding carboxylic acids is 1. The molecule has 0 aliphatic rings. The number of ether oxygens (including phenoxy) is 1. The minimum atomic E-state index is -3.41. The zero-order valence-electron chi connectivity index (χ0n) is 18.0. The molecular weight excluding hydrogens is 411 g/mol. The Morgan fingerprint density at radius 1 is 1.10 bits per heavy atom. The molecule has 1 atom stereocenters. The van der Waals surface area contributed by atoms with Crippen molar-refractivity contribution >= 4 is 26.8 Å². The number of hydrogen-bond donors (Lipinski definition) is 1. The molecular formula is C21H31FO7Si. The van der Waals surface area contributed by atoms with E-state index in [1.165, 1.54) is 18.2 Å². The number of benzene rings is 1. The number of rotatable bonds is 14. The summed E-state index contributed by atoms with van der Waals surface area (Å²) in [4.78, 5) is 23.7. The number of carboxylic acids is 1. The van der Waals surface area contributed by atoms with Crippen molar-refractivity contribution in [2.24, 2.45) is 0 Å². The Hall–Kier alpha value is -2.07. The quantitative estimate of drug-likeness (QED) is 0.197. The van der Waals surface area contributed by atoms with Crippen molar-refractivity contribution in [1.82, 2.24) is 0 Å². The first-order valence-corrected chi connectivity index (χ1v) is 12.0. The predicted octanol–water partition coefficient (Wildman–Crippen LogP) is 4.44. The number of carbonyl (C=O) groups is 2. The van der Waals surface area contributed by atoms with Crippen LogP contribution in [0.2, 0.25) is 5.54 Å². The van der Waals surface area contributed by atoms with E-state index in [0.717, 1.165) is 25.0 Å². The van der Waals surface area contributed by atoms with Crippen LogP contribution in [0.1, 0.15) is 52.5 Å². The fourth-order valence-corrected chi connectivity index (χ4v) is 5.89. The molecule has 0 bridgehead atoms. The van der Waals surface area contributed by atoms with Crippen LogP contribution in [0.5, 0.6) is 5.75 Å². The molecule has 30 heavy (non-hydrogen) atoms. The van der Waals surface area contributed by atoms with Gasteiger partial charge in [0.15, 0.2) is 11.6 Å². The highest BCUT2D eigenvalue weighted by Gasteiger charge is 2.53. The Kier molecular flexibility index (Phi) is 11.5. The number of hydrogen-bond acceptors (Lipinski definition) is 6. The average molecular weight is 443 g/mol. The lowest BCUT2D eigenvalue weighted by atomic mass is 10.2. The Balaban J connectivity index is 3.17. The molecule has 0 saturated heterocycles. The van der Waals surface area contributed by atoms with Crippen molar-refractivity contribution in [2.45, 2.75) is 52.5 Å². The Bertz CT molecular complexity index is 706. The third kappa shape index (κ3) is 7.64. The van der Waals surface area contributed by atoms with Crippen molar-refractivity contribution in [2.75, 3.05) is 19.8 Å². The van der Waals surface area contributed by atoms with Crippen LogP contribution in [0.15, 0.2) is 24.3 Å². The summed E-state index contributed by atoms with van der Waals surface area (Å²) in [5.74, 6) is -2.84. The van der Waals surface area contributed by atoms with Gasteiger partial charge >= 0.3 is 20.7 Å². The fourth-order valence-electron chi connectivity index (χ4n) is 2.93. The topological polar surface area (TPSA) is 91.3 Å². The molecule has 1 unspecified atom stereocenters. The maximum Gasteiger partial charge on any atom is 0.515 e. The van der Waals surface area contributed by atoms with E-state index in [1.54, 1.807) is 20.8 Å². The molecule has 1 N–H and O–H groups in total. The molecule has 9 heteroatoms. The number of esters is 1. The van der Waals surface area contributed by atoms with Crippen molar-refractivity contribution < 1.29 is 37.1 Å². The van der Waals surface area contributed by atoms with Crippen LogP contribution in [0.4, 0.5) is 4.39 Å². The smallest absolute Gasteiger partial charge is 0.478 e. The van der Waals surface area contributed by atoms with E-state index in [4.69, 9.17) is 23.1 Å². The summed E-state index contributed by atoms with van der Waals surface area (Å²) in [6.07, 6.45) is 4.15. The molecule has 0 radical (unpaired) electrons. The van der Waals surface area contributed by atoms with Gasteiger partial charge in [0.25, 0.3) is 0 Å². The summed E-state index contributed by atoms with van der Waals surface area (Å²) in [5, 5.41) is 8.68. The predicted molar refractivity (Wildman–Crippen MR) is 113 cm³/mol. The van der Waals surface area contributed by atoms with Crippen LogP contribution in [-0.2, 0) is 22.9 Å². The first-order valence-electron chi connectivity index (χ1n) is 10.2. The third-order valence-electron chi connectivity index (χ3n) is 4.18. The zero-order valence-corrected chi connectivity index (χ0v) is 19.0. The summed E-state index contributed by atoms with van der Waals surface area (Å²) >= 11 is 0. The average Bonchev–Trinajstić information content (AvgIpc) is 2.69. The van der Waals surface area contributed by atoms with E-state index >= 15 is 0 Å². The minimum absolute atomic E-state index is 0.249. The highest BCUT2D eigenvalue weighted by Crippen LogP contribution is 2.33. The molecule has 0 amide bonds. The van der Waals surface area contributed by atoms with Gasteiger partial charge in [0, 0.05) is 25.9 Å². The van der Waals surface area contributed by atoms with E-state index in [2.05, 4.69) is 0 Å². The Morgan fingerprint density at radius 3 is 2.17 bits per heavy atom. The lowest BCUT2D eigenvalue weighted by Crippen LogP contribution is -2.53. The second kappa shape index (κ2) is 13.3. The first kappa shape index (κ1) is 26.0. The number of carboxylic acid groups (broad SMARTS) is 1. The molecule has 0 aliphatic heterocycles. The molecule has 0 heterocycles. The van der Waals surface area contributed by atoms with Gasteiger partial charge in [-0.25, -0.2) is 9.18 Å². The normalized spacial score (nSPS) is 12.8. The van der Waals surface area contributed by atoms with Crippen LogP contribution in [-0.4, -0.2) is 45.7 Å². The lowest BCUT2D eigenvalue weighted by Gasteiger charge is -2.33. The molecule has 1 aromatic carbocycles. The maximum absolute atomic E-state index is 14.5. The number of halogens is 1. The van der Waals surface area contributed by atoms with E-state index in [9.17, 15) is 14.0 Å². The van der Waals surface area contributed by atoms with Gasteiger partial charge in [-0.2, -0.15) is 0 Å². The lowest BCUT2D eigenvalue weighted by molar-refractivity contribution is -0.136. The largest absolute Gasteiger partial charge is 0.515 e. The SMILES string of the molecule is CCCCC(C(=O)Oc1ccc(/C=C/C(=O)O)cc1F)[Si](OCC)(OCC)OCC. The van der Waals surface area contributed by atoms with E-state index in [-0.39, 0.29) is 5.75 Å². The number of aliphatic carboxylic acids is 1. The molecule has 0 aromatic heterocycles. The van der Waals surface area contributed by atoms with Gasteiger partial charge < -0.3 is 23.1 Å². The van der Waals surface area contributed by atoms with Crippen LogP contribution >= 0.6 is 0 Å². The second-order valence-electron chi connectivity index (χ2n) is 6.38. The minimum Gasteiger partial charge on any atom is -0.478 e. The Morgan fingerprint density at radius 2 is 1.70 bits per heavy atom. The molecule has 1 rings (SSSR count). The Labute approximate surface area is 178 Å². The summed E-state index contributed by atoms with van der Waals surface area (Å²) in [5.41, 5.74) is -0.456. The zero-order chi connectivity index (χ0) is 22.6. The van der Waals surface area contributed by atoms with Crippen molar-refractivity contribution in [3.8, 4) is 5.75 Å². The van der Waals surface area contributed by atoms with Gasteiger partial charge in [-0.1, -0.05) is 25.8 Å². The number of unbranched alkanes of at least 4 members (excludes halogenated alkanes) is 1. The van der Waals surface area contributed by atoms with Gasteiger partial charge in [-0.15, -0.1) is 0 Å². The summed E-state index contributed by atoms with van der Waals surface area (Å²) in [6.45, 7) is 8.31. The molecule has 168 valence electrons. The van der Waals surface area contributed by atoms with E-state index in [0.29, 0.717) is 31.8 Å². The standard InChI is InChI=1S/C21H31FO7Si/c1-5-9-10-19(30(26-6-2,27-7-3)28-8-4)21(25)29-18-13-11-16(15-17(18)22)12-14-20(23)24/h11-15,19H,5-10H2,1-4H3,(H,23,24)/b14-12+. The summed E-state index contributed by atoms with van der Waals surface area (Å²) < 4.78 is 37.4. The highest BCUT2D eigenvalue weighted by molar-refractivity contribution is 6.66. The van der Waals surface area contributed by atoms with Gasteiger partial charge in [0.2, 0.25) is 0 Å². The molecule has 0 saturated carbocycles. The molecule has 7 nitrogen and oxygen atoms in total. The maximum atomic E-state index is 14.5. The van der Waals surface area contributed by atoms with Gasteiger partial charge in [0.05, 0.1) is 0 Å². The second-order valence-corrected chi connectivity index (χ2v) is 9.15. The first-order chi connectivity index (χ1) is 14.3. The van der Waals surface area contributed by atoms with Crippen LogP contribution in [0.25, 0.3) is 6.08 Å². The highest BCUT2D eigenvalue weighted by atomic mass is 28.4. The van der Waals surface area contributed by atoms with E-state index < -0.39 is 32.1 Å². The molecule has 0 spiro atoms. The van der Waals surface area contributed by atoms with Crippen LogP contribution in [0.3, 0.4) is 0 Å². The van der Waals surface area contributed by atoms with Crippen LogP contribution < -0.4 is 4.74 Å². The monoisotopic (exact) mass is 442 g/mol. The summed E-state index contributed by atoms with van der Waals surface area (Å²) in [7, 11) is -3.41.